The summed E-state index contributed by atoms with van der Waals surface area (Å²) in [6.07, 6.45) is 1.41. The molecule has 0 bridgehead atoms. The maximum absolute atomic E-state index is 11.3. The molecule has 1 aromatic carbocycles. The van der Waals surface area contributed by atoms with Crippen LogP contribution in [0.2, 0.25) is 0 Å². The molecule has 1 heterocycles. The topological polar surface area (TPSA) is 45.8 Å². The van der Waals surface area contributed by atoms with Crippen LogP contribution in [0.1, 0.15) is 5.56 Å². The van der Waals surface area contributed by atoms with Crippen LogP contribution in [-0.2, 0) is 0 Å². The molecule has 3 nitrogen and oxygen atoms in total. The molecule has 5 heteroatoms. The zero-order valence-electron chi connectivity index (χ0n) is 8.53. The predicted octanol–water partition coefficient (Wildman–Crippen LogP) is 2.99. The summed E-state index contributed by atoms with van der Waals surface area (Å²) >= 11 is 4.68. The molecule has 0 saturated carbocycles. The van der Waals surface area contributed by atoms with E-state index in [2.05, 4.69) is 25.9 Å². The van der Waals surface area contributed by atoms with E-state index >= 15 is 0 Å². The lowest BCUT2D eigenvalue weighted by atomic mass is 10.2. The Bertz CT molecular complexity index is 551. The molecule has 1 aromatic heterocycles. The first-order chi connectivity index (χ1) is 7.66. The Kier molecular flexibility index (Phi) is 3.46. The van der Waals surface area contributed by atoms with Crippen molar-refractivity contribution in [3.05, 3.63) is 51.0 Å². The molecule has 0 spiro atoms. The summed E-state index contributed by atoms with van der Waals surface area (Å²) in [5, 5.41) is 0.674. The Morgan fingerprint density at radius 3 is 2.69 bits per heavy atom. The summed E-state index contributed by atoms with van der Waals surface area (Å²) in [7, 11) is 0. The third-order valence-electron chi connectivity index (χ3n) is 2.00. The molecule has 0 fully saturated rings. The van der Waals surface area contributed by atoms with Gasteiger partial charge in [0.15, 0.2) is 0 Å². The van der Waals surface area contributed by atoms with E-state index in [1.807, 2.05) is 31.2 Å². The third kappa shape index (κ3) is 2.54. The molecule has 0 saturated heterocycles. The molecule has 1 N–H and O–H groups in total. The lowest BCUT2D eigenvalue weighted by Gasteiger charge is -2.02. The molecule has 2 aromatic rings. The van der Waals surface area contributed by atoms with Gasteiger partial charge in [-0.15, -0.1) is 0 Å². The van der Waals surface area contributed by atoms with Gasteiger partial charge in [-0.1, -0.05) is 29.5 Å². The summed E-state index contributed by atoms with van der Waals surface area (Å²) < 4.78 is 0.473. The molecule has 0 amide bonds. The summed E-state index contributed by atoms with van der Waals surface area (Å²) in [5.74, 6) is 0. The highest BCUT2D eigenvalue weighted by molar-refractivity contribution is 9.10. The second-order valence-corrected chi connectivity index (χ2v) is 5.12. The largest absolute Gasteiger partial charge is 0.312 e. The lowest BCUT2D eigenvalue weighted by Crippen LogP contribution is -2.07. The molecular formula is C11H9BrN2OS. The number of hydrogen-bond acceptors (Lipinski definition) is 3. The Balaban J connectivity index is 2.30. The molecule has 0 aliphatic rings. The summed E-state index contributed by atoms with van der Waals surface area (Å²) in [6.45, 7) is 2.04. The zero-order valence-corrected chi connectivity index (χ0v) is 10.9. The first kappa shape index (κ1) is 11.4. The highest BCUT2D eigenvalue weighted by Gasteiger charge is 2.06. The maximum Gasteiger partial charge on any atom is 0.266 e. The normalized spacial score (nSPS) is 10.4. The van der Waals surface area contributed by atoms with Gasteiger partial charge in [0.2, 0.25) is 0 Å². The molecule has 0 aliphatic carbocycles. The molecule has 82 valence electrons. The van der Waals surface area contributed by atoms with E-state index in [-0.39, 0.29) is 5.56 Å². The van der Waals surface area contributed by atoms with Crippen LogP contribution in [0, 0.1) is 6.92 Å². The minimum absolute atomic E-state index is 0.162. The highest BCUT2D eigenvalue weighted by Crippen LogP contribution is 2.29. The quantitative estimate of drug-likeness (QED) is 0.867. The van der Waals surface area contributed by atoms with Gasteiger partial charge in [-0.2, -0.15) is 0 Å². The number of H-pyrrole nitrogens is 1. The Morgan fingerprint density at radius 2 is 2.00 bits per heavy atom. The number of hydrogen-bond donors (Lipinski definition) is 1. The Morgan fingerprint density at radius 1 is 1.31 bits per heavy atom. The lowest BCUT2D eigenvalue weighted by molar-refractivity contribution is 0.990. The fourth-order valence-electron chi connectivity index (χ4n) is 1.16. The number of benzene rings is 1. The van der Waals surface area contributed by atoms with Crippen molar-refractivity contribution < 1.29 is 0 Å². The molecular weight excluding hydrogens is 288 g/mol. The van der Waals surface area contributed by atoms with Gasteiger partial charge in [0.25, 0.3) is 5.56 Å². The van der Waals surface area contributed by atoms with Crippen molar-refractivity contribution in [3.8, 4) is 0 Å². The number of aromatic nitrogens is 2. The maximum atomic E-state index is 11.3. The van der Waals surface area contributed by atoms with E-state index in [0.717, 1.165) is 4.90 Å². The molecule has 0 unspecified atom stereocenters. The number of aryl methyl sites for hydroxylation is 1. The van der Waals surface area contributed by atoms with Crippen LogP contribution in [0.5, 0.6) is 0 Å². The van der Waals surface area contributed by atoms with Gasteiger partial charge in [-0.25, -0.2) is 4.98 Å². The zero-order chi connectivity index (χ0) is 11.5. The van der Waals surface area contributed by atoms with Crippen molar-refractivity contribution in [2.75, 3.05) is 0 Å². The van der Waals surface area contributed by atoms with Crippen LogP contribution < -0.4 is 5.56 Å². The van der Waals surface area contributed by atoms with E-state index in [1.54, 1.807) is 0 Å². The number of nitrogens with zero attached hydrogens (tertiary/aromatic N) is 1. The number of rotatable bonds is 2. The minimum Gasteiger partial charge on any atom is -0.312 e. The van der Waals surface area contributed by atoms with Gasteiger partial charge in [-0.3, -0.25) is 4.79 Å². The predicted molar refractivity (Wildman–Crippen MR) is 67.9 cm³/mol. The average Bonchev–Trinajstić information content (AvgIpc) is 2.28. The van der Waals surface area contributed by atoms with Gasteiger partial charge >= 0.3 is 0 Å². The van der Waals surface area contributed by atoms with E-state index in [1.165, 1.54) is 23.7 Å². The first-order valence-electron chi connectivity index (χ1n) is 4.64. The van der Waals surface area contributed by atoms with Gasteiger partial charge in [0, 0.05) is 4.90 Å². The van der Waals surface area contributed by atoms with Crippen LogP contribution >= 0.6 is 27.7 Å². The average molecular weight is 297 g/mol. The van der Waals surface area contributed by atoms with Crippen molar-refractivity contribution in [1.29, 1.82) is 0 Å². The van der Waals surface area contributed by atoms with Crippen molar-refractivity contribution >= 4 is 27.7 Å². The van der Waals surface area contributed by atoms with Gasteiger partial charge in [-0.05, 0) is 35.0 Å². The minimum atomic E-state index is -0.162. The van der Waals surface area contributed by atoms with Crippen molar-refractivity contribution in [2.45, 2.75) is 16.8 Å². The van der Waals surface area contributed by atoms with E-state index in [4.69, 9.17) is 0 Å². The fourth-order valence-corrected chi connectivity index (χ4v) is 2.40. The molecule has 0 radical (unpaired) electrons. The van der Waals surface area contributed by atoms with Crippen molar-refractivity contribution in [3.63, 3.8) is 0 Å². The number of halogens is 1. The van der Waals surface area contributed by atoms with E-state index < -0.39 is 0 Å². The summed E-state index contributed by atoms with van der Waals surface area (Å²) in [6, 6.07) is 8.08. The van der Waals surface area contributed by atoms with Crippen molar-refractivity contribution in [1.82, 2.24) is 9.97 Å². The number of nitrogens with one attached hydrogen (secondary N) is 1. The van der Waals surface area contributed by atoms with Crippen molar-refractivity contribution in [2.24, 2.45) is 0 Å². The molecule has 2 rings (SSSR count). The standard InChI is InChI=1S/C11H9BrN2OS/c1-7-2-4-8(5-3-7)16-11-9(12)10(15)13-6-14-11/h2-6H,1H3,(H,13,14,15). The molecule has 0 aliphatic heterocycles. The van der Waals surface area contributed by atoms with Gasteiger partial charge in [0.1, 0.15) is 9.50 Å². The van der Waals surface area contributed by atoms with Crippen LogP contribution in [0.25, 0.3) is 0 Å². The monoisotopic (exact) mass is 296 g/mol. The smallest absolute Gasteiger partial charge is 0.266 e. The first-order valence-corrected chi connectivity index (χ1v) is 6.25. The second-order valence-electron chi connectivity index (χ2n) is 3.27. The van der Waals surface area contributed by atoms with Crippen LogP contribution in [0.3, 0.4) is 0 Å². The van der Waals surface area contributed by atoms with Gasteiger partial charge < -0.3 is 4.98 Å². The SMILES string of the molecule is Cc1ccc(Sc2nc[nH]c(=O)c2Br)cc1. The van der Waals surface area contributed by atoms with Crippen LogP contribution in [0.15, 0.2) is 49.8 Å². The Hall–Kier alpha value is -1.07. The molecule has 0 atom stereocenters. The summed E-state index contributed by atoms with van der Waals surface area (Å²) in [4.78, 5) is 19.0. The van der Waals surface area contributed by atoms with Crippen LogP contribution in [0.4, 0.5) is 0 Å². The third-order valence-corrected chi connectivity index (χ3v) is 4.01. The van der Waals surface area contributed by atoms with E-state index in [0.29, 0.717) is 9.50 Å². The second kappa shape index (κ2) is 4.84. The fraction of sp³-hybridized carbons (Fsp3) is 0.0909. The Labute approximate surface area is 105 Å². The van der Waals surface area contributed by atoms with E-state index in [9.17, 15) is 4.79 Å². The number of aromatic amines is 1. The molecule has 16 heavy (non-hydrogen) atoms. The highest BCUT2D eigenvalue weighted by atomic mass is 79.9. The van der Waals surface area contributed by atoms with Crippen LogP contribution in [-0.4, -0.2) is 9.97 Å². The van der Waals surface area contributed by atoms with Gasteiger partial charge in [0.05, 0.1) is 6.33 Å². The summed E-state index contributed by atoms with van der Waals surface area (Å²) in [5.41, 5.74) is 1.05.